The molecule has 228 valence electrons. The summed E-state index contributed by atoms with van der Waals surface area (Å²) in [6.45, 7) is 0. The summed E-state index contributed by atoms with van der Waals surface area (Å²) in [5.74, 6) is 0.645. The van der Waals surface area contributed by atoms with Gasteiger partial charge in [-0.1, -0.05) is 133 Å². The van der Waals surface area contributed by atoms with Crippen LogP contribution in [0.2, 0.25) is 0 Å². The van der Waals surface area contributed by atoms with Crippen LogP contribution >= 0.6 is 0 Å². The summed E-state index contributed by atoms with van der Waals surface area (Å²) in [6.07, 6.45) is 0. The first kappa shape index (κ1) is 27.5. The van der Waals surface area contributed by atoms with Crippen molar-refractivity contribution in [2.75, 3.05) is 0 Å². The van der Waals surface area contributed by atoms with Crippen LogP contribution in [-0.2, 0) is 0 Å². The van der Waals surface area contributed by atoms with Gasteiger partial charge in [0.05, 0.1) is 28.0 Å². The topological polar surface area (TPSA) is 51.8 Å². The third kappa shape index (κ3) is 4.49. The van der Waals surface area contributed by atoms with Crippen molar-refractivity contribution in [2.45, 2.75) is 0 Å². The highest BCUT2D eigenvalue weighted by atomic mass is 16.3. The third-order valence-corrected chi connectivity index (χ3v) is 9.45. The molecule has 0 aliphatic rings. The number of pyridine rings is 1. The maximum Gasteiger partial charge on any atom is 0.160 e. The Morgan fingerprint density at radius 2 is 1.02 bits per heavy atom. The average molecular weight is 626 g/mol. The Labute approximate surface area is 282 Å². The summed E-state index contributed by atoms with van der Waals surface area (Å²) in [5.41, 5.74) is 9.17. The summed E-state index contributed by atoms with van der Waals surface area (Å²) >= 11 is 0. The predicted octanol–water partition coefficient (Wildman–Crippen LogP) is 11.9. The molecular formula is C45H27N3O. The lowest BCUT2D eigenvalue weighted by Gasteiger charge is -2.13. The highest BCUT2D eigenvalue weighted by Crippen LogP contribution is 2.43. The van der Waals surface area contributed by atoms with Crippen molar-refractivity contribution in [3.05, 3.63) is 164 Å². The molecule has 49 heavy (non-hydrogen) atoms. The molecule has 0 spiro atoms. The first-order chi connectivity index (χ1) is 24.3. The monoisotopic (exact) mass is 625 g/mol. The van der Waals surface area contributed by atoms with Crippen LogP contribution in [0, 0.1) is 0 Å². The predicted molar refractivity (Wildman–Crippen MR) is 201 cm³/mol. The summed E-state index contributed by atoms with van der Waals surface area (Å²) in [7, 11) is 0. The number of furan rings is 1. The average Bonchev–Trinajstić information content (AvgIpc) is 3.58. The molecule has 0 aliphatic heterocycles. The molecule has 3 aromatic heterocycles. The molecule has 0 radical (unpaired) electrons. The zero-order chi connectivity index (χ0) is 32.3. The molecule has 10 aromatic rings. The molecule has 0 unspecified atom stereocenters. The number of fused-ring (bicyclic) bond motifs is 8. The van der Waals surface area contributed by atoms with E-state index >= 15 is 0 Å². The second-order valence-electron chi connectivity index (χ2n) is 12.4. The Kier molecular flexibility index (Phi) is 6.15. The van der Waals surface area contributed by atoms with E-state index in [0.717, 1.165) is 77.6 Å². The number of hydrogen-bond donors (Lipinski definition) is 0. The van der Waals surface area contributed by atoms with Crippen molar-refractivity contribution in [3.63, 3.8) is 0 Å². The lowest BCUT2D eigenvalue weighted by atomic mass is 9.93. The second-order valence-corrected chi connectivity index (χ2v) is 12.4. The Bertz CT molecular complexity index is 2820. The van der Waals surface area contributed by atoms with Crippen LogP contribution in [0.1, 0.15) is 0 Å². The highest BCUT2D eigenvalue weighted by Gasteiger charge is 2.21. The van der Waals surface area contributed by atoms with Gasteiger partial charge in [-0.15, -0.1) is 0 Å². The number of para-hydroxylation sites is 1. The van der Waals surface area contributed by atoms with Crippen LogP contribution in [0.4, 0.5) is 0 Å². The second kappa shape index (κ2) is 11.0. The summed E-state index contributed by atoms with van der Waals surface area (Å²) in [6, 6.07) is 56.6. The van der Waals surface area contributed by atoms with Gasteiger partial charge in [-0.25, -0.2) is 15.0 Å². The van der Waals surface area contributed by atoms with Gasteiger partial charge in [-0.3, -0.25) is 0 Å². The fraction of sp³-hybridized carbons (Fsp3) is 0. The lowest BCUT2D eigenvalue weighted by molar-refractivity contribution is 0.672. The summed E-state index contributed by atoms with van der Waals surface area (Å²) in [4.78, 5) is 15.7. The maximum atomic E-state index is 6.66. The van der Waals surface area contributed by atoms with E-state index in [2.05, 4.69) is 115 Å². The molecule has 10 rings (SSSR count). The SMILES string of the molecule is c1ccc(-c2cc(-c3ccccc3)nc(-c3ccc4c(c3)nc(-c3cc5ccccc5c5ccccc35)c3c5ccccc5oc43)n2)cc1. The van der Waals surface area contributed by atoms with Crippen molar-refractivity contribution in [2.24, 2.45) is 0 Å². The van der Waals surface area contributed by atoms with Crippen LogP contribution in [0.5, 0.6) is 0 Å². The van der Waals surface area contributed by atoms with E-state index in [1.807, 2.05) is 48.5 Å². The molecule has 0 fully saturated rings. The van der Waals surface area contributed by atoms with Gasteiger partial charge in [0.25, 0.3) is 0 Å². The van der Waals surface area contributed by atoms with Gasteiger partial charge in [0, 0.05) is 33.0 Å². The molecule has 0 saturated carbocycles. The summed E-state index contributed by atoms with van der Waals surface area (Å²) in [5, 5.41) is 7.77. The zero-order valence-corrected chi connectivity index (χ0v) is 26.3. The number of nitrogens with zero attached hydrogens (tertiary/aromatic N) is 3. The molecule has 0 atom stereocenters. The molecule has 0 saturated heterocycles. The van der Waals surface area contributed by atoms with Crippen molar-refractivity contribution in [1.29, 1.82) is 0 Å². The summed E-state index contributed by atoms with van der Waals surface area (Å²) < 4.78 is 6.66. The fourth-order valence-electron chi connectivity index (χ4n) is 7.14. The Balaban J connectivity index is 1.26. The molecular weight excluding hydrogens is 599 g/mol. The van der Waals surface area contributed by atoms with E-state index < -0.39 is 0 Å². The van der Waals surface area contributed by atoms with Gasteiger partial charge in [0.1, 0.15) is 11.2 Å². The van der Waals surface area contributed by atoms with E-state index in [9.17, 15) is 0 Å². The number of benzene rings is 7. The third-order valence-electron chi connectivity index (χ3n) is 9.45. The first-order valence-electron chi connectivity index (χ1n) is 16.4. The van der Waals surface area contributed by atoms with Crippen LogP contribution < -0.4 is 0 Å². The quantitative estimate of drug-likeness (QED) is 0.183. The van der Waals surface area contributed by atoms with Gasteiger partial charge in [-0.05, 0) is 51.9 Å². The molecule has 0 bridgehead atoms. The molecule has 0 amide bonds. The van der Waals surface area contributed by atoms with Crippen molar-refractivity contribution >= 4 is 54.4 Å². The lowest BCUT2D eigenvalue weighted by Crippen LogP contribution is -1.96. The Morgan fingerprint density at radius 3 is 1.76 bits per heavy atom. The number of hydrogen-bond acceptors (Lipinski definition) is 4. The number of rotatable bonds is 4. The van der Waals surface area contributed by atoms with Gasteiger partial charge in [0.2, 0.25) is 0 Å². The highest BCUT2D eigenvalue weighted by molar-refractivity contribution is 6.23. The molecule has 7 aromatic carbocycles. The minimum Gasteiger partial charge on any atom is -0.455 e. The van der Waals surface area contributed by atoms with E-state index in [4.69, 9.17) is 19.4 Å². The van der Waals surface area contributed by atoms with E-state index in [-0.39, 0.29) is 0 Å². The first-order valence-corrected chi connectivity index (χ1v) is 16.4. The van der Waals surface area contributed by atoms with Crippen LogP contribution in [0.25, 0.3) is 99.5 Å². The minimum atomic E-state index is 0.645. The van der Waals surface area contributed by atoms with E-state index in [1.54, 1.807) is 0 Å². The van der Waals surface area contributed by atoms with Crippen molar-refractivity contribution in [1.82, 2.24) is 15.0 Å². The number of aromatic nitrogens is 3. The zero-order valence-electron chi connectivity index (χ0n) is 26.3. The van der Waals surface area contributed by atoms with Gasteiger partial charge < -0.3 is 4.42 Å². The van der Waals surface area contributed by atoms with Crippen molar-refractivity contribution in [3.8, 4) is 45.2 Å². The van der Waals surface area contributed by atoms with Crippen LogP contribution in [0.3, 0.4) is 0 Å². The molecule has 0 aliphatic carbocycles. The fourth-order valence-corrected chi connectivity index (χ4v) is 7.14. The van der Waals surface area contributed by atoms with Gasteiger partial charge >= 0.3 is 0 Å². The molecule has 0 N–H and O–H groups in total. The largest absolute Gasteiger partial charge is 0.455 e. The normalized spacial score (nSPS) is 11.7. The van der Waals surface area contributed by atoms with E-state index in [0.29, 0.717) is 5.82 Å². The smallest absolute Gasteiger partial charge is 0.160 e. The van der Waals surface area contributed by atoms with Crippen LogP contribution in [0.15, 0.2) is 168 Å². The Hall–Kier alpha value is -6.65. The Morgan fingerprint density at radius 1 is 0.408 bits per heavy atom. The molecule has 4 nitrogen and oxygen atoms in total. The van der Waals surface area contributed by atoms with Gasteiger partial charge in [0.15, 0.2) is 5.82 Å². The molecule has 3 heterocycles. The van der Waals surface area contributed by atoms with Crippen molar-refractivity contribution < 1.29 is 4.42 Å². The molecule has 4 heteroatoms. The standard InChI is InChI=1S/C45H27N3O/c1-3-13-28(14-4-1)38-27-39(29-15-5-2-6-16-29)48-45(47-38)31-23-24-35-40(26-31)46-43(42-36-21-11-12-22-41(36)49-44(35)42)37-25-30-17-7-8-18-32(30)33-19-9-10-20-34(33)37/h1-27H. The minimum absolute atomic E-state index is 0.645. The maximum absolute atomic E-state index is 6.66. The van der Waals surface area contributed by atoms with Crippen LogP contribution in [-0.4, -0.2) is 15.0 Å². The van der Waals surface area contributed by atoms with Gasteiger partial charge in [-0.2, -0.15) is 0 Å². The van der Waals surface area contributed by atoms with E-state index in [1.165, 1.54) is 16.2 Å².